The summed E-state index contributed by atoms with van der Waals surface area (Å²) in [6, 6.07) is 0. The zero-order valence-electron chi connectivity index (χ0n) is 9.98. The Labute approximate surface area is 105 Å². The van der Waals surface area contributed by atoms with Crippen LogP contribution < -0.4 is 5.32 Å². The second-order valence-corrected chi connectivity index (χ2v) is 4.58. The van der Waals surface area contributed by atoms with Crippen LogP contribution in [0.1, 0.15) is 20.8 Å². The summed E-state index contributed by atoms with van der Waals surface area (Å²) in [5, 5.41) is 13.6. The van der Waals surface area contributed by atoms with Gasteiger partial charge < -0.3 is 5.32 Å². The summed E-state index contributed by atoms with van der Waals surface area (Å²) in [6.45, 7) is 6.85. The Morgan fingerprint density at radius 2 is 2.12 bits per heavy atom. The maximum Gasteiger partial charge on any atom is 0.348 e. The predicted molar refractivity (Wildman–Crippen MR) is 66.2 cm³/mol. The van der Waals surface area contributed by atoms with Crippen LogP contribution in [0.4, 0.5) is 11.5 Å². The maximum atomic E-state index is 10.8. The summed E-state index contributed by atoms with van der Waals surface area (Å²) in [4.78, 5) is 17.7. The molecule has 0 aliphatic rings. The number of anilines is 1. The number of nitro groups is 1. The zero-order chi connectivity index (χ0) is 13.0. The predicted octanol–water partition coefficient (Wildman–Crippen LogP) is 2.74. The van der Waals surface area contributed by atoms with E-state index in [0.29, 0.717) is 18.4 Å². The summed E-state index contributed by atoms with van der Waals surface area (Å²) < 4.78 is 0. The molecule has 0 amide bonds. The summed E-state index contributed by atoms with van der Waals surface area (Å²) in [6.07, 6.45) is 1.21. The van der Waals surface area contributed by atoms with Crippen molar-refractivity contribution in [1.82, 2.24) is 9.97 Å². The van der Waals surface area contributed by atoms with E-state index in [0.717, 1.165) is 0 Å². The van der Waals surface area contributed by atoms with Crippen LogP contribution >= 0.6 is 11.6 Å². The monoisotopic (exact) mass is 258 g/mol. The number of nitrogens with zero attached hydrogens (tertiary/aromatic N) is 3. The van der Waals surface area contributed by atoms with Crippen molar-refractivity contribution < 1.29 is 4.92 Å². The fourth-order valence-corrected chi connectivity index (χ4v) is 1.34. The molecular formula is C10H15ClN4O2. The highest BCUT2D eigenvalue weighted by molar-refractivity contribution is 6.31. The number of halogens is 1. The number of hydrogen-bond donors (Lipinski definition) is 1. The molecule has 0 aliphatic carbocycles. The zero-order valence-corrected chi connectivity index (χ0v) is 10.7. The highest BCUT2D eigenvalue weighted by Crippen LogP contribution is 2.28. The topological polar surface area (TPSA) is 81.0 Å². The van der Waals surface area contributed by atoms with Gasteiger partial charge >= 0.3 is 5.69 Å². The minimum Gasteiger partial charge on any atom is -0.364 e. The van der Waals surface area contributed by atoms with Crippen LogP contribution in [0.3, 0.4) is 0 Å². The van der Waals surface area contributed by atoms with Crippen LogP contribution in [-0.2, 0) is 0 Å². The first-order valence-electron chi connectivity index (χ1n) is 5.32. The van der Waals surface area contributed by atoms with Gasteiger partial charge in [-0.3, -0.25) is 10.1 Å². The van der Waals surface area contributed by atoms with Crippen LogP contribution in [0.5, 0.6) is 0 Å². The first-order chi connectivity index (χ1) is 7.93. The molecule has 1 heterocycles. The van der Waals surface area contributed by atoms with Crippen molar-refractivity contribution in [2.24, 2.45) is 11.8 Å². The summed E-state index contributed by atoms with van der Waals surface area (Å²) in [5.41, 5.74) is -0.273. The lowest BCUT2D eigenvalue weighted by molar-refractivity contribution is -0.384. The van der Waals surface area contributed by atoms with Gasteiger partial charge in [0.25, 0.3) is 0 Å². The third-order valence-electron chi connectivity index (χ3n) is 2.69. The van der Waals surface area contributed by atoms with E-state index in [9.17, 15) is 10.1 Å². The van der Waals surface area contributed by atoms with Crippen molar-refractivity contribution in [3.63, 3.8) is 0 Å². The number of rotatable bonds is 5. The quantitative estimate of drug-likeness (QED) is 0.499. The summed E-state index contributed by atoms with van der Waals surface area (Å²) in [7, 11) is 0. The lowest BCUT2D eigenvalue weighted by atomic mass is 9.98. The van der Waals surface area contributed by atoms with Crippen molar-refractivity contribution in [3.8, 4) is 0 Å². The largest absolute Gasteiger partial charge is 0.364 e. The Morgan fingerprint density at radius 3 is 2.65 bits per heavy atom. The van der Waals surface area contributed by atoms with Gasteiger partial charge in [-0.15, -0.1) is 0 Å². The standard InChI is InChI=1S/C10H15ClN4O2/c1-6(2)7(3)4-12-10-8(15(16)17)9(11)13-5-14-10/h5-7H,4H2,1-3H3,(H,12,13,14). The third kappa shape index (κ3) is 3.52. The first kappa shape index (κ1) is 13.6. The van der Waals surface area contributed by atoms with E-state index >= 15 is 0 Å². The molecule has 6 nitrogen and oxygen atoms in total. The van der Waals surface area contributed by atoms with Crippen LogP contribution in [0, 0.1) is 22.0 Å². The van der Waals surface area contributed by atoms with Gasteiger partial charge in [-0.25, -0.2) is 9.97 Å². The first-order valence-corrected chi connectivity index (χ1v) is 5.70. The lowest BCUT2D eigenvalue weighted by Gasteiger charge is -2.16. The maximum absolute atomic E-state index is 10.8. The Kier molecular flexibility index (Phi) is 4.62. The molecule has 0 saturated carbocycles. The second kappa shape index (κ2) is 5.77. The molecule has 1 aromatic heterocycles. The molecule has 1 rings (SSSR count). The average molecular weight is 259 g/mol. The van der Waals surface area contributed by atoms with E-state index in [2.05, 4.69) is 36.1 Å². The van der Waals surface area contributed by atoms with Gasteiger partial charge in [-0.1, -0.05) is 32.4 Å². The molecule has 0 radical (unpaired) electrons. The Morgan fingerprint density at radius 1 is 1.47 bits per heavy atom. The van der Waals surface area contributed by atoms with E-state index in [1.807, 2.05) is 0 Å². The van der Waals surface area contributed by atoms with Crippen LogP contribution in [-0.4, -0.2) is 21.4 Å². The van der Waals surface area contributed by atoms with Gasteiger partial charge in [-0.05, 0) is 11.8 Å². The van der Waals surface area contributed by atoms with Crippen LogP contribution in [0.15, 0.2) is 6.33 Å². The van der Waals surface area contributed by atoms with E-state index in [4.69, 9.17) is 11.6 Å². The number of nitrogens with one attached hydrogen (secondary N) is 1. The molecule has 1 unspecified atom stereocenters. The van der Waals surface area contributed by atoms with Crippen LogP contribution in [0.25, 0.3) is 0 Å². The summed E-state index contributed by atoms with van der Waals surface area (Å²) >= 11 is 5.67. The minimum absolute atomic E-state index is 0.148. The number of aromatic nitrogens is 2. The fraction of sp³-hybridized carbons (Fsp3) is 0.600. The molecule has 1 aromatic rings. The highest BCUT2D eigenvalue weighted by Gasteiger charge is 2.21. The van der Waals surface area contributed by atoms with Crippen LogP contribution in [0.2, 0.25) is 5.15 Å². The minimum atomic E-state index is -0.579. The van der Waals surface area contributed by atoms with Gasteiger partial charge in [-0.2, -0.15) is 0 Å². The third-order valence-corrected chi connectivity index (χ3v) is 2.97. The SMILES string of the molecule is CC(C)C(C)CNc1ncnc(Cl)c1[N+](=O)[O-]. The molecule has 7 heteroatoms. The van der Waals surface area contributed by atoms with Gasteiger partial charge in [0.1, 0.15) is 6.33 Å². The van der Waals surface area contributed by atoms with Gasteiger partial charge in [0.2, 0.25) is 11.0 Å². The summed E-state index contributed by atoms with van der Waals surface area (Å²) in [5.74, 6) is 1.03. The van der Waals surface area contributed by atoms with Crippen molar-refractivity contribution in [2.75, 3.05) is 11.9 Å². The Hall–Kier alpha value is -1.43. The molecule has 0 saturated heterocycles. The molecular weight excluding hydrogens is 244 g/mol. The van der Waals surface area contributed by atoms with Crippen molar-refractivity contribution in [1.29, 1.82) is 0 Å². The molecule has 0 bridgehead atoms. The molecule has 94 valence electrons. The van der Waals surface area contributed by atoms with Crippen molar-refractivity contribution >= 4 is 23.1 Å². The molecule has 0 fully saturated rings. The molecule has 0 spiro atoms. The van der Waals surface area contributed by atoms with E-state index in [1.54, 1.807) is 0 Å². The average Bonchev–Trinajstić information content (AvgIpc) is 2.24. The normalized spacial score (nSPS) is 12.5. The molecule has 0 aliphatic heterocycles. The molecule has 0 aromatic carbocycles. The Balaban J connectivity index is 2.84. The molecule has 1 atom stereocenters. The van der Waals surface area contributed by atoms with E-state index < -0.39 is 4.92 Å². The Bertz CT molecular complexity index is 411. The van der Waals surface area contributed by atoms with Gasteiger partial charge in [0.15, 0.2) is 0 Å². The number of hydrogen-bond acceptors (Lipinski definition) is 5. The van der Waals surface area contributed by atoms with Gasteiger partial charge in [0.05, 0.1) is 4.92 Å². The lowest BCUT2D eigenvalue weighted by Crippen LogP contribution is -2.17. The van der Waals surface area contributed by atoms with Crippen molar-refractivity contribution in [3.05, 3.63) is 21.6 Å². The highest BCUT2D eigenvalue weighted by atomic mass is 35.5. The fourth-order valence-electron chi connectivity index (χ4n) is 1.14. The second-order valence-electron chi connectivity index (χ2n) is 4.22. The smallest absolute Gasteiger partial charge is 0.348 e. The van der Waals surface area contributed by atoms with E-state index in [1.165, 1.54) is 6.33 Å². The van der Waals surface area contributed by atoms with Gasteiger partial charge in [0, 0.05) is 6.54 Å². The molecule has 17 heavy (non-hydrogen) atoms. The van der Waals surface area contributed by atoms with E-state index in [-0.39, 0.29) is 16.7 Å². The van der Waals surface area contributed by atoms with Crippen molar-refractivity contribution in [2.45, 2.75) is 20.8 Å². The molecule has 1 N–H and O–H groups in total.